The van der Waals surface area contributed by atoms with Gasteiger partial charge in [-0.15, -0.1) is 0 Å². The van der Waals surface area contributed by atoms with E-state index in [1.54, 1.807) is 30.5 Å². The lowest BCUT2D eigenvalue weighted by Gasteiger charge is -2.12. The first kappa shape index (κ1) is 21.7. The second kappa shape index (κ2) is 9.24. The van der Waals surface area contributed by atoms with Gasteiger partial charge in [0.1, 0.15) is 0 Å². The van der Waals surface area contributed by atoms with E-state index in [-0.39, 0.29) is 5.91 Å². The van der Waals surface area contributed by atoms with Crippen LogP contribution in [0.2, 0.25) is 10.0 Å². The van der Waals surface area contributed by atoms with E-state index >= 15 is 0 Å². The molecule has 0 spiro atoms. The van der Waals surface area contributed by atoms with Crippen LogP contribution in [0.4, 0.5) is 0 Å². The van der Waals surface area contributed by atoms with Crippen LogP contribution < -0.4 is 14.9 Å². The molecule has 3 aromatic rings. The molecule has 0 atom stereocenters. The molecule has 6 nitrogen and oxygen atoms in total. The highest BCUT2D eigenvalue weighted by Crippen LogP contribution is 2.31. The van der Waals surface area contributed by atoms with Crippen LogP contribution in [-0.2, 0) is 0 Å². The fourth-order valence-electron chi connectivity index (χ4n) is 3.16. The van der Waals surface area contributed by atoms with Gasteiger partial charge in [-0.3, -0.25) is 4.79 Å². The van der Waals surface area contributed by atoms with Gasteiger partial charge in [0.15, 0.2) is 11.5 Å². The number of benzene rings is 2. The number of hydrogen-bond donors (Lipinski definition) is 1. The molecule has 0 aliphatic carbocycles. The topological polar surface area (TPSA) is 64.8 Å². The summed E-state index contributed by atoms with van der Waals surface area (Å²) in [6.45, 7) is 3.91. The first-order valence-corrected chi connectivity index (χ1v) is 9.81. The first-order valence-electron chi connectivity index (χ1n) is 9.06. The molecule has 156 valence electrons. The number of amides is 1. The summed E-state index contributed by atoms with van der Waals surface area (Å²) in [6, 6.07) is 12.3. The molecule has 1 N–H and O–H groups in total. The zero-order valence-electron chi connectivity index (χ0n) is 17.0. The maximum absolute atomic E-state index is 12.4. The van der Waals surface area contributed by atoms with Crippen LogP contribution >= 0.6 is 23.2 Å². The Hall–Kier alpha value is -2.96. The van der Waals surface area contributed by atoms with E-state index in [1.165, 1.54) is 14.2 Å². The Morgan fingerprint density at radius 3 is 2.50 bits per heavy atom. The van der Waals surface area contributed by atoms with Gasteiger partial charge in [0.25, 0.3) is 5.91 Å². The number of halogens is 2. The molecule has 1 heterocycles. The number of ether oxygens (including phenoxy) is 2. The third-order valence-corrected chi connectivity index (χ3v) is 5.47. The minimum atomic E-state index is -0.362. The van der Waals surface area contributed by atoms with Crippen LogP contribution in [0.1, 0.15) is 27.3 Å². The van der Waals surface area contributed by atoms with Crippen molar-refractivity contribution in [2.45, 2.75) is 13.8 Å². The zero-order chi connectivity index (χ0) is 21.8. The van der Waals surface area contributed by atoms with Gasteiger partial charge >= 0.3 is 0 Å². The molecular formula is C22H21Cl2N3O3. The van der Waals surface area contributed by atoms with E-state index in [0.29, 0.717) is 27.1 Å². The number of carbonyl (C=O) groups excluding carboxylic acids is 1. The molecule has 0 bridgehead atoms. The molecule has 0 radical (unpaired) electrons. The maximum Gasteiger partial charge on any atom is 0.271 e. The van der Waals surface area contributed by atoms with Crippen molar-refractivity contribution in [1.29, 1.82) is 0 Å². The van der Waals surface area contributed by atoms with E-state index in [2.05, 4.69) is 10.5 Å². The lowest BCUT2D eigenvalue weighted by Crippen LogP contribution is -2.17. The summed E-state index contributed by atoms with van der Waals surface area (Å²) in [5.41, 5.74) is 6.44. The van der Waals surface area contributed by atoms with Crippen LogP contribution in [0.25, 0.3) is 5.69 Å². The van der Waals surface area contributed by atoms with Gasteiger partial charge in [-0.1, -0.05) is 29.3 Å². The largest absolute Gasteiger partial charge is 0.493 e. The monoisotopic (exact) mass is 445 g/mol. The molecule has 2 aromatic carbocycles. The summed E-state index contributed by atoms with van der Waals surface area (Å²) in [6.07, 6.45) is 1.59. The summed E-state index contributed by atoms with van der Waals surface area (Å²) in [7, 11) is 3.05. The molecule has 3 rings (SSSR count). The van der Waals surface area contributed by atoms with E-state index in [4.69, 9.17) is 32.7 Å². The third kappa shape index (κ3) is 4.30. The highest BCUT2D eigenvalue weighted by atomic mass is 35.5. The quantitative estimate of drug-likeness (QED) is 0.419. The van der Waals surface area contributed by atoms with E-state index in [0.717, 1.165) is 22.6 Å². The van der Waals surface area contributed by atoms with Gasteiger partial charge in [0, 0.05) is 22.5 Å². The van der Waals surface area contributed by atoms with Crippen molar-refractivity contribution in [2.75, 3.05) is 14.2 Å². The predicted molar refractivity (Wildman–Crippen MR) is 120 cm³/mol. The van der Waals surface area contributed by atoms with Crippen LogP contribution in [0, 0.1) is 13.8 Å². The summed E-state index contributed by atoms with van der Waals surface area (Å²) < 4.78 is 12.4. The first-order chi connectivity index (χ1) is 14.4. The zero-order valence-corrected chi connectivity index (χ0v) is 18.5. The molecule has 1 aromatic heterocycles. The Morgan fingerprint density at radius 1 is 1.07 bits per heavy atom. The highest BCUT2D eigenvalue weighted by molar-refractivity contribution is 6.43. The lowest BCUT2D eigenvalue weighted by molar-refractivity contribution is 0.0954. The van der Waals surface area contributed by atoms with E-state index < -0.39 is 0 Å². The van der Waals surface area contributed by atoms with Crippen LogP contribution in [-0.4, -0.2) is 30.9 Å². The molecule has 0 aliphatic heterocycles. The Kier molecular flexibility index (Phi) is 6.70. The smallest absolute Gasteiger partial charge is 0.271 e. The van der Waals surface area contributed by atoms with Crippen molar-refractivity contribution in [2.24, 2.45) is 5.10 Å². The molecule has 0 saturated heterocycles. The molecule has 8 heteroatoms. The molecule has 0 saturated carbocycles. The number of carbonyl (C=O) groups is 1. The number of aromatic nitrogens is 1. The number of aryl methyl sites for hydroxylation is 1. The van der Waals surface area contributed by atoms with Crippen molar-refractivity contribution in [3.05, 3.63) is 75.0 Å². The van der Waals surface area contributed by atoms with Crippen LogP contribution in [0.3, 0.4) is 0 Å². The maximum atomic E-state index is 12.4. The normalized spacial score (nSPS) is 11.0. The Balaban J connectivity index is 1.81. The Labute approximate surface area is 185 Å². The van der Waals surface area contributed by atoms with E-state index in [9.17, 15) is 4.79 Å². The van der Waals surface area contributed by atoms with Crippen LogP contribution in [0.15, 0.2) is 47.6 Å². The standard InChI is InChI=1S/C22H21Cl2N3O3/c1-13-10-16(14(2)27(13)18-7-5-6-17(23)21(18)24)12-25-26-22(28)15-8-9-19(29-3)20(11-15)30-4/h5-12H,1-4H3,(H,26,28)/b25-12-. The fraction of sp³-hybridized carbons (Fsp3) is 0.182. The van der Waals surface area contributed by atoms with Crippen molar-refractivity contribution < 1.29 is 14.3 Å². The average Bonchev–Trinajstić information content (AvgIpc) is 3.02. The van der Waals surface area contributed by atoms with Gasteiger partial charge < -0.3 is 14.0 Å². The van der Waals surface area contributed by atoms with Crippen molar-refractivity contribution in [1.82, 2.24) is 9.99 Å². The Morgan fingerprint density at radius 2 is 1.80 bits per heavy atom. The number of rotatable bonds is 6. The number of nitrogens with zero attached hydrogens (tertiary/aromatic N) is 2. The molecule has 1 amide bonds. The average molecular weight is 446 g/mol. The predicted octanol–water partition coefficient (Wildman–Crippen LogP) is 5.18. The molecular weight excluding hydrogens is 425 g/mol. The summed E-state index contributed by atoms with van der Waals surface area (Å²) in [4.78, 5) is 12.4. The molecule has 0 aliphatic rings. The molecule has 30 heavy (non-hydrogen) atoms. The van der Waals surface area contributed by atoms with E-state index in [1.807, 2.05) is 36.6 Å². The minimum Gasteiger partial charge on any atom is -0.493 e. The Bertz CT molecular complexity index is 1120. The fourth-order valence-corrected chi connectivity index (χ4v) is 3.54. The molecule has 0 fully saturated rings. The lowest BCUT2D eigenvalue weighted by atomic mass is 10.2. The molecule has 0 unspecified atom stereocenters. The second-order valence-corrected chi connectivity index (χ2v) is 7.29. The van der Waals surface area contributed by atoms with Crippen molar-refractivity contribution in [3.8, 4) is 17.2 Å². The number of nitrogens with one attached hydrogen (secondary N) is 1. The van der Waals surface area contributed by atoms with Gasteiger partial charge in [-0.05, 0) is 50.2 Å². The SMILES string of the molecule is COc1ccc(C(=O)N/N=C\c2cc(C)n(-c3cccc(Cl)c3Cl)c2C)cc1OC. The van der Waals surface area contributed by atoms with Gasteiger partial charge in [0.05, 0.1) is 36.2 Å². The summed E-state index contributed by atoms with van der Waals surface area (Å²) >= 11 is 12.5. The van der Waals surface area contributed by atoms with Crippen molar-refractivity contribution in [3.63, 3.8) is 0 Å². The van der Waals surface area contributed by atoms with Gasteiger partial charge in [-0.25, -0.2) is 5.43 Å². The third-order valence-electron chi connectivity index (χ3n) is 4.66. The van der Waals surface area contributed by atoms with Gasteiger partial charge in [0.2, 0.25) is 0 Å². The van der Waals surface area contributed by atoms with Gasteiger partial charge in [-0.2, -0.15) is 5.10 Å². The van der Waals surface area contributed by atoms with Crippen LogP contribution in [0.5, 0.6) is 11.5 Å². The number of hydrogen-bond acceptors (Lipinski definition) is 4. The minimum absolute atomic E-state index is 0.362. The number of methoxy groups -OCH3 is 2. The van der Waals surface area contributed by atoms with Crippen molar-refractivity contribution >= 4 is 35.3 Å². The summed E-state index contributed by atoms with van der Waals surface area (Å²) in [5.74, 6) is 0.652. The highest BCUT2D eigenvalue weighted by Gasteiger charge is 2.14. The second-order valence-electron chi connectivity index (χ2n) is 6.50. The summed E-state index contributed by atoms with van der Waals surface area (Å²) in [5, 5.41) is 5.06. The number of hydrazone groups is 1.